The Kier molecular flexibility index (Phi) is 8.60. The third-order valence-electron chi connectivity index (χ3n) is 2.99. The summed E-state index contributed by atoms with van der Waals surface area (Å²) in [6, 6.07) is 7.86. The summed E-state index contributed by atoms with van der Waals surface area (Å²) in [6.07, 6.45) is -0.424. The Morgan fingerprint density at radius 1 is 1.14 bits per heavy atom. The fraction of sp³-hybridized carbons (Fsp3) is 0.533. The van der Waals surface area contributed by atoms with E-state index in [1.165, 1.54) is 5.69 Å². The van der Waals surface area contributed by atoms with E-state index >= 15 is 0 Å². The van der Waals surface area contributed by atoms with Gasteiger partial charge >= 0.3 is 6.09 Å². The summed E-state index contributed by atoms with van der Waals surface area (Å²) < 4.78 is 5.22. The van der Waals surface area contributed by atoms with Crippen LogP contribution >= 0.6 is 24.8 Å². The van der Waals surface area contributed by atoms with Gasteiger partial charge in [0, 0.05) is 37.6 Å². The van der Waals surface area contributed by atoms with Crippen molar-refractivity contribution in [1.29, 1.82) is 0 Å². The van der Waals surface area contributed by atoms with Crippen LogP contribution in [0.25, 0.3) is 0 Å². The van der Waals surface area contributed by atoms with Gasteiger partial charge in [0.1, 0.15) is 5.60 Å². The molecule has 1 amide bonds. The number of halogens is 2. The largest absolute Gasteiger partial charge is 0.444 e. The molecule has 0 unspecified atom stereocenters. The van der Waals surface area contributed by atoms with E-state index in [0.29, 0.717) is 0 Å². The van der Waals surface area contributed by atoms with Gasteiger partial charge in [0.2, 0.25) is 0 Å². The molecule has 1 heterocycles. The van der Waals surface area contributed by atoms with E-state index in [-0.39, 0.29) is 24.8 Å². The SMILES string of the molecule is CC(C)(C)OC(=O)Nc1ccc(N2CCNCC2)cc1.Cl.Cl. The Morgan fingerprint density at radius 3 is 2.18 bits per heavy atom. The molecule has 1 aromatic rings. The number of carbonyl (C=O) groups excluding carboxylic acids is 1. The van der Waals surface area contributed by atoms with Crippen LogP contribution in [0.4, 0.5) is 16.2 Å². The summed E-state index contributed by atoms with van der Waals surface area (Å²) in [5.41, 5.74) is 1.45. The average molecular weight is 350 g/mol. The lowest BCUT2D eigenvalue weighted by atomic mass is 10.2. The van der Waals surface area contributed by atoms with Crippen LogP contribution in [-0.2, 0) is 4.74 Å². The minimum Gasteiger partial charge on any atom is -0.444 e. The molecule has 126 valence electrons. The number of benzene rings is 1. The maximum atomic E-state index is 11.7. The fourth-order valence-corrected chi connectivity index (χ4v) is 2.10. The van der Waals surface area contributed by atoms with E-state index in [1.54, 1.807) is 0 Å². The van der Waals surface area contributed by atoms with Gasteiger partial charge in [0.15, 0.2) is 0 Å². The maximum Gasteiger partial charge on any atom is 0.412 e. The van der Waals surface area contributed by atoms with Gasteiger partial charge in [-0.05, 0) is 45.0 Å². The van der Waals surface area contributed by atoms with Crippen molar-refractivity contribution in [2.75, 3.05) is 36.4 Å². The van der Waals surface area contributed by atoms with Crippen LogP contribution in [0.5, 0.6) is 0 Å². The van der Waals surface area contributed by atoms with Crippen molar-refractivity contribution < 1.29 is 9.53 Å². The number of hydrogen-bond donors (Lipinski definition) is 2. The highest BCUT2D eigenvalue weighted by Crippen LogP contribution is 2.19. The molecule has 1 aliphatic rings. The number of anilines is 2. The number of nitrogens with zero attached hydrogens (tertiary/aromatic N) is 1. The molecule has 0 saturated carbocycles. The Balaban J connectivity index is 0.00000220. The van der Waals surface area contributed by atoms with E-state index in [2.05, 4.69) is 15.5 Å². The van der Waals surface area contributed by atoms with Crippen LogP contribution in [-0.4, -0.2) is 37.9 Å². The number of carbonyl (C=O) groups is 1. The van der Waals surface area contributed by atoms with Gasteiger partial charge in [0.25, 0.3) is 0 Å². The van der Waals surface area contributed by atoms with Crippen molar-refractivity contribution in [3.05, 3.63) is 24.3 Å². The first-order valence-electron chi connectivity index (χ1n) is 7.00. The molecule has 0 aromatic heterocycles. The number of rotatable bonds is 2. The van der Waals surface area contributed by atoms with Crippen molar-refractivity contribution in [3.63, 3.8) is 0 Å². The van der Waals surface area contributed by atoms with Crippen LogP contribution in [0.1, 0.15) is 20.8 Å². The highest BCUT2D eigenvalue weighted by molar-refractivity contribution is 5.86. The third kappa shape index (κ3) is 6.73. The molecule has 0 spiro atoms. The average Bonchev–Trinajstić information content (AvgIpc) is 2.38. The molecule has 2 rings (SSSR count). The third-order valence-corrected chi connectivity index (χ3v) is 2.99. The van der Waals surface area contributed by atoms with Crippen molar-refractivity contribution in [3.8, 4) is 0 Å². The highest BCUT2D eigenvalue weighted by atomic mass is 35.5. The summed E-state index contributed by atoms with van der Waals surface area (Å²) in [7, 11) is 0. The Morgan fingerprint density at radius 2 is 1.68 bits per heavy atom. The topological polar surface area (TPSA) is 53.6 Å². The van der Waals surface area contributed by atoms with E-state index in [1.807, 2.05) is 45.0 Å². The van der Waals surface area contributed by atoms with Crippen LogP contribution in [0.2, 0.25) is 0 Å². The Labute approximate surface area is 144 Å². The minimum absolute atomic E-state index is 0. The summed E-state index contributed by atoms with van der Waals surface area (Å²) in [4.78, 5) is 14.0. The monoisotopic (exact) mass is 349 g/mol. The molecule has 0 atom stereocenters. The van der Waals surface area contributed by atoms with Crippen molar-refractivity contribution in [2.24, 2.45) is 0 Å². The lowest BCUT2D eigenvalue weighted by molar-refractivity contribution is 0.0636. The zero-order valence-electron chi connectivity index (χ0n) is 13.2. The second-order valence-corrected chi connectivity index (χ2v) is 5.91. The lowest BCUT2D eigenvalue weighted by Crippen LogP contribution is -2.43. The molecular weight excluding hydrogens is 325 g/mol. The van der Waals surface area contributed by atoms with Gasteiger partial charge in [0.05, 0.1) is 0 Å². The second-order valence-electron chi connectivity index (χ2n) is 5.91. The minimum atomic E-state index is -0.481. The first-order chi connectivity index (χ1) is 9.44. The van der Waals surface area contributed by atoms with Crippen molar-refractivity contribution in [1.82, 2.24) is 5.32 Å². The van der Waals surface area contributed by atoms with Crippen molar-refractivity contribution >= 4 is 42.3 Å². The summed E-state index contributed by atoms with van der Waals surface area (Å²) in [5.74, 6) is 0. The van der Waals surface area contributed by atoms with E-state index in [0.717, 1.165) is 31.9 Å². The molecule has 0 radical (unpaired) electrons. The number of hydrogen-bond acceptors (Lipinski definition) is 4. The smallest absolute Gasteiger partial charge is 0.412 e. The molecule has 2 N–H and O–H groups in total. The zero-order valence-corrected chi connectivity index (χ0v) is 14.9. The highest BCUT2D eigenvalue weighted by Gasteiger charge is 2.16. The quantitative estimate of drug-likeness (QED) is 0.860. The Bertz CT molecular complexity index is 455. The predicted molar refractivity (Wildman–Crippen MR) is 95.9 cm³/mol. The van der Waals surface area contributed by atoms with E-state index in [9.17, 15) is 4.79 Å². The van der Waals surface area contributed by atoms with Gasteiger partial charge in [-0.1, -0.05) is 0 Å². The van der Waals surface area contributed by atoms with Crippen LogP contribution < -0.4 is 15.5 Å². The van der Waals surface area contributed by atoms with Gasteiger partial charge in [-0.25, -0.2) is 4.79 Å². The van der Waals surface area contributed by atoms with Gasteiger partial charge in [-0.15, -0.1) is 24.8 Å². The van der Waals surface area contributed by atoms with E-state index < -0.39 is 11.7 Å². The number of piperazine rings is 1. The molecule has 1 aromatic carbocycles. The normalized spacial score (nSPS) is 14.4. The summed E-state index contributed by atoms with van der Waals surface area (Å²) >= 11 is 0. The van der Waals surface area contributed by atoms with E-state index in [4.69, 9.17) is 4.74 Å². The first kappa shape index (κ1) is 20.8. The molecule has 1 saturated heterocycles. The fourth-order valence-electron chi connectivity index (χ4n) is 2.10. The lowest BCUT2D eigenvalue weighted by Gasteiger charge is -2.29. The number of nitrogens with one attached hydrogen (secondary N) is 2. The Hall–Kier alpha value is -1.17. The van der Waals surface area contributed by atoms with Crippen LogP contribution in [0.3, 0.4) is 0 Å². The van der Waals surface area contributed by atoms with Crippen molar-refractivity contribution in [2.45, 2.75) is 26.4 Å². The first-order valence-corrected chi connectivity index (χ1v) is 7.00. The zero-order chi connectivity index (χ0) is 14.6. The molecule has 1 fully saturated rings. The molecule has 5 nitrogen and oxygen atoms in total. The maximum absolute atomic E-state index is 11.7. The molecule has 22 heavy (non-hydrogen) atoms. The molecular formula is C15H25Cl2N3O2. The number of amides is 1. The predicted octanol–water partition coefficient (Wildman–Crippen LogP) is 3.29. The molecule has 7 heteroatoms. The standard InChI is InChI=1S/C15H23N3O2.2ClH/c1-15(2,3)20-14(19)17-12-4-6-13(7-5-12)18-10-8-16-9-11-18;;/h4-7,16H,8-11H2,1-3H3,(H,17,19);2*1H. The summed E-state index contributed by atoms with van der Waals surface area (Å²) in [6.45, 7) is 9.59. The van der Waals surface area contributed by atoms with Gasteiger partial charge < -0.3 is 15.0 Å². The molecule has 0 bridgehead atoms. The van der Waals surface area contributed by atoms with Gasteiger partial charge in [-0.3, -0.25) is 5.32 Å². The molecule has 1 aliphatic heterocycles. The summed E-state index contributed by atoms with van der Waals surface area (Å²) in [5, 5.41) is 6.07. The second kappa shape index (κ2) is 9.08. The van der Waals surface area contributed by atoms with Crippen LogP contribution in [0, 0.1) is 0 Å². The number of ether oxygens (including phenoxy) is 1. The van der Waals surface area contributed by atoms with Gasteiger partial charge in [-0.2, -0.15) is 0 Å². The molecule has 0 aliphatic carbocycles. The van der Waals surface area contributed by atoms with Crippen LogP contribution in [0.15, 0.2) is 24.3 Å².